The summed E-state index contributed by atoms with van der Waals surface area (Å²) in [5.74, 6) is 0. The zero-order valence-electron chi connectivity index (χ0n) is 12.5. The maximum atomic E-state index is 5.67. The standard InChI is InChI=1S/C16H20BrNOS/c1-10-13(11-8-6-7-9-12(11)17)18-15(20-10)14(19-5)16(2,3)4/h6-9,14H,1-5H3. The molecule has 0 saturated heterocycles. The summed E-state index contributed by atoms with van der Waals surface area (Å²) in [6.45, 7) is 8.65. The van der Waals surface area contributed by atoms with Gasteiger partial charge in [-0.15, -0.1) is 11.3 Å². The number of aryl methyl sites for hydroxylation is 1. The normalized spacial score (nSPS) is 13.5. The van der Waals surface area contributed by atoms with E-state index < -0.39 is 0 Å². The maximum Gasteiger partial charge on any atom is 0.123 e. The molecule has 0 bridgehead atoms. The lowest BCUT2D eigenvalue weighted by Gasteiger charge is -2.27. The van der Waals surface area contributed by atoms with E-state index in [0.717, 1.165) is 20.7 Å². The van der Waals surface area contributed by atoms with E-state index in [-0.39, 0.29) is 11.5 Å². The molecule has 4 heteroatoms. The third-order valence-corrected chi connectivity index (χ3v) is 4.89. The van der Waals surface area contributed by atoms with Crippen molar-refractivity contribution in [2.24, 2.45) is 5.41 Å². The van der Waals surface area contributed by atoms with Crippen molar-refractivity contribution in [1.82, 2.24) is 4.98 Å². The topological polar surface area (TPSA) is 22.1 Å². The van der Waals surface area contributed by atoms with Gasteiger partial charge in [-0.3, -0.25) is 0 Å². The molecule has 1 atom stereocenters. The third-order valence-electron chi connectivity index (χ3n) is 3.19. The molecule has 1 aromatic heterocycles. The lowest BCUT2D eigenvalue weighted by atomic mass is 9.89. The molecule has 0 amide bonds. The van der Waals surface area contributed by atoms with Crippen LogP contribution in [0.1, 0.15) is 36.8 Å². The SMILES string of the molecule is COC(c1nc(-c2ccccc2Br)c(C)s1)C(C)(C)C. The van der Waals surface area contributed by atoms with E-state index in [1.54, 1.807) is 18.4 Å². The summed E-state index contributed by atoms with van der Waals surface area (Å²) in [6, 6.07) is 8.19. The Hall–Kier alpha value is -0.710. The summed E-state index contributed by atoms with van der Waals surface area (Å²) in [4.78, 5) is 6.06. The van der Waals surface area contributed by atoms with Crippen LogP contribution < -0.4 is 0 Å². The summed E-state index contributed by atoms with van der Waals surface area (Å²) in [7, 11) is 1.75. The second-order valence-corrected chi connectivity index (χ2v) is 8.01. The van der Waals surface area contributed by atoms with Gasteiger partial charge in [0.15, 0.2) is 0 Å². The second-order valence-electron chi connectivity index (χ2n) is 5.92. The Morgan fingerprint density at radius 1 is 1.25 bits per heavy atom. The molecule has 0 spiro atoms. The summed E-state index contributed by atoms with van der Waals surface area (Å²) in [5.41, 5.74) is 2.21. The van der Waals surface area contributed by atoms with E-state index in [0.29, 0.717) is 0 Å². The molecule has 0 fully saturated rings. The number of hydrogen-bond acceptors (Lipinski definition) is 3. The van der Waals surface area contributed by atoms with Crippen LogP contribution in [0.25, 0.3) is 11.3 Å². The Kier molecular flexibility index (Phi) is 4.67. The molecule has 0 aliphatic carbocycles. The quantitative estimate of drug-likeness (QED) is 0.714. The highest BCUT2D eigenvalue weighted by Crippen LogP contribution is 2.41. The second kappa shape index (κ2) is 5.96. The first-order chi connectivity index (χ1) is 9.34. The molecule has 1 heterocycles. The lowest BCUT2D eigenvalue weighted by Crippen LogP contribution is -2.19. The number of thiazole rings is 1. The van der Waals surface area contributed by atoms with Gasteiger partial charge in [-0.1, -0.05) is 54.9 Å². The van der Waals surface area contributed by atoms with Gasteiger partial charge in [-0.05, 0) is 18.4 Å². The lowest BCUT2D eigenvalue weighted by molar-refractivity contribution is 0.0151. The number of benzene rings is 1. The van der Waals surface area contributed by atoms with Crippen LogP contribution in [0.15, 0.2) is 28.7 Å². The van der Waals surface area contributed by atoms with Crippen LogP contribution in [0.2, 0.25) is 0 Å². The van der Waals surface area contributed by atoms with Crippen molar-refractivity contribution in [3.05, 3.63) is 38.6 Å². The highest BCUT2D eigenvalue weighted by atomic mass is 79.9. The fourth-order valence-electron chi connectivity index (χ4n) is 2.26. The minimum absolute atomic E-state index is 0.0161. The average Bonchev–Trinajstić information content (AvgIpc) is 2.70. The third kappa shape index (κ3) is 3.13. The van der Waals surface area contributed by atoms with E-state index in [1.807, 2.05) is 18.2 Å². The Labute approximate surface area is 133 Å². The number of hydrogen-bond donors (Lipinski definition) is 0. The van der Waals surface area contributed by atoms with E-state index in [1.165, 1.54) is 4.88 Å². The summed E-state index contributed by atoms with van der Waals surface area (Å²) in [5, 5.41) is 1.04. The van der Waals surface area contributed by atoms with Crippen LogP contribution in [0.3, 0.4) is 0 Å². The zero-order chi connectivity index (χ0) is 14.9. The molecule has 0 aliphatic rings. The van der Waals surface area contributed by atoms with Crippen molar-refractivity contribution in [2.45, 2.75) is 33.8 Å². The van der Waals surface area contributed by atoms with Crippen molar-refractivity contribution in [1.29, 1.82) is 0 Å². The molecular formula is C16H20BrNOS. The molecule has 0 radical (unpaired) electrons. The Morgan fingerprint density at radius 2 is 1.90 bits per heavy atom. The van der Waals surface area contributed by atoms with E-state index in [2.05, 4.69) is 49.7 Å². The van der Waals surface area contributed by atoms with E-state index in [9.17, 15) is 0 Å². The highest BCUT2D eigenvalue weighted by Gasteiger charge is 2.29. The predicted octanol–water partition coefficient (Wildman–Crippen LogP) is 5.61. The minimum Gasteiger partial charge on any atom is -0.374 e. The van der Waals surface area contributed by atoms with Crippen molar-refractivity contribution in [3.63, 3.8) is 0 Å². The van der Waals surface area contributed by atoms with Gasteiger partial charge in [0.05, 0.1) is 5.69 Å². The zero-order valence-corrected chi connectivity index (χ0v) is 14.9. The van der Waals surface area contributed by atoms with Crippen LogP contribution in [0, 0.1) is 12.3 Å². The number of nitrogens with zero attached hydrogens (tertiary/aromatic N) is 1. The molecule has 1 unspecified atom stereocenters. The van der Waals surface area contributed by atoms with E-state index >= 15 is 0 Å². The van der Waals surface area contributed by atoms with Crippen molar-refractivity contribution < 1.29 is 4.74 Å². The molecule has 20 heavy (non-hydrogen) atoms. The first kappa shape index (κ1) is 15.7. The van der Waals surface area contributed by atoms with Gasteiger partial charge < -0.3 is 4.74 Å². The van der Waals surface area contributed by atoms with Crippen LogP contribution in [-0.4, -0.2) is 12.1 Å². The number of halogens is 1. The highest BCUT2D eigenvalue weighted by molar-refractivity contribution is 9.10. The Morgan fingerprint density at radius 3 is 2.45 bits per heavy atom. The average molecular weight is 354 g/mol. The van der Waals surface area contributed by atoms with Gasteiger partial charge in [-0.2, -0.15) is 0 Å². The molecular weight excluding hydrogens is 334 g/mol. The molecule has 2 aromatic rings. The molecule has 0 saturated carbocycles. The first-order valence-corrected chi connectivity index (χ1v) is 8.20. The maximum absolute atomic E-state index is 5.67. The Bertz CT molecular complexity index is 601. The fourth-order valence-corrected chi connectivity index (χ4v) is 3.99. The number of rotatable bonds is 3. The van der Waals surface area contributed by atoms with Gasteiger partial charge >= 0.3 is 0 Å². The minimum atomic E-state index is 0.0161. The monoisotopic (exact) mass is 353 g/mol. The molecule has 2 nitrogen and oxygen atoms in total. The summed E-state index contributed by atoms with van der Waals surface area (Å²) >= 11 is 5.32. The number of aromatic nitrogens is 1. The molecule has 2 rings (SSSR count). The van der Waals surface area contributed by atoms with Gasteiger partial charge in [0.25, 0.3) is 0 Å². The first-order valence-electron chi connectivity index (χ1n) is 6.59. The van der Waals surface area contributed by atoms with Gasteiger partial charge in [0.2, 0.25) is 0 Å². The van der Waals surface area contributed by atoms with Crippen molar-refractivity contribution in [2.75, 3.05) is 7.11 Å². The van der Waals surface area contributed by atoms with Gasteiger partial charge in [0.1, 0.15) is 11.1 Å². The number of ether oxygens (including phenoxy) is 1. The molecule has 108 valence electrons. The van der Waals surface area contributed by atoms with Gasteiger partial charge in [0, 0.05) is 22.0 Å². The molecule has 0 aliphatic heterocycles. The van der Waals surface area contributed by atoms with Crippen molar-refractivity contribution in [3.8, 4) is 11.3 Å². The van der Waals surface area contributed by atoms with Crippen LogP contribution in [0.4, 0.5) is 0 Å². The largest absolute Gasteiger partial charge is 0.374 e. The fraction of sp³-hybridized carbons (Fsp3) is 0.438. The Balaban J connectivity index is 2.47. The predicted molar refractivity (Wildman–Crippen MR) is 89.2 cm³/mol. The molecule has 0 N–H and O–H groups in total. The van der Waals surface area contributed by atoms with E-state index in [4.69, 9.17) is 9.72 Å². The van der Waals surface area contributed by atoms with Crippen molar-refractivity contribution >= 4 is 27.3 Å². The molecule has 1 aromatic carbocycles. The smallest absolute Gasteiger partial charge is 0.123 e. The summed E-state index contributed by atoms with van der Waals surface area (Å²) < 4.78 is 6.75. The van der Waals surface area contributed by atoms with Crippen LogP contribution in [-0.2, 0) is 4.74 Å². The van der Waals surface area contributed by atoms with Gasteiger partial charge in [-0.25, -0.2) is 4.98 Å². The van der Waals surface area contributed by atoms with Crippen LogP contribution in [0.5, 0.6) is 0 Å². The number of methoxy groups -OCH3 is 1. The van der Waals surface area contributed by atoms with Crippen LogP contribution >= 0.6 is 27.3 Å². The summed E-state index contributed by atoms with van der Waals surface area (Å²) in [6.07, 6.45) is 0.0161.